The van der Waals surface area contributed by atoms with E-state index in [0.29, 0.717) is 0 Å². The maximum atomic E-state index is 3.27. The van der Waals surface area contributed by atoms with Gasteiger partial charge in [-0.25, -0.2) is 0 Å². The van der Waals surface area contributed by atoms with Gasteiger partial charge in [0.25, 0.3) is 0 Å². The van der Waals surface area contributed by atoms with Crippen LogP contribution in [0.3, 0.4) is 0 Å². The fourth-order valence-electron chi connectivity index (χ4n) is 0.260. The van der Waals surface area contributed by atoms with E-state index in [1.165, 1.54) is 0 Å². The van der Waals surface area contributed by atoms with Crippen molar-refractivity contribution in [3.63, 3.8) is 0 Å². The molecule has 0 saturated heterocycles. The molecule has 0 fully saturated rings. The van der Waals surface area contributed by atoms with Crippen LogP contribution >= 0.6 is 31.9 Å². The van der Waals surface area contributed by atoms with Crippen molar-refractivity contribution in [2.45, 2.75) is 0 Å². The fourth-order valence-corrected chi connectivity index (χ4v) is 0.692. The average molecular weight is 240 g/mol. The minimum atomic E-state index is 0.930. The summed E-state index contributed by atoms with van der Waals surface area (Å²) >= 11 is 6.54. The molecule has 0 aliphatic rings. The van der Waals surface area contributed by atoms with E-state index in [1.807, 2.05) is 24.3 Å². The topological polar surface area (TPSA) is 0 Å². The smallest absolute Gasteiger partial charge is 0.0215 e. The maximum Gasteiger partial charge on any atom is 0.0215 e. The van der Waals surface area contributed by atoms with E-state index in [9.17, 15) is 0 Å². The molecule has 0 spiro atoms. The van der Waals surface area contributed by atoms with Crippen molar-refractivity contribution in [1.82, 2.24) is 0 Å². The summed E-state index contributed by atoms with van der Waals surface area (Å²) in [6.45, 7) is 0. The molecule has 0 aliphatic carbocycles. The molecule has 0 unspecified atom stereocenters. The van der Waals surface area contributed by atoms with E-state index in [4.69, 9.17) is 0 Å². The van der Waals surface area contributed by atoms with Crippen LogP contribution < -0.4 is 0 Å². The molecular formula is C6H8Br2. The highest BCUT2D eigenvalue weighted by atomic mass is 79.9. The Morgan fingerprint density at radius 1 is 0.875 bits per heavy atom. The monoisotopic (exact) mass is 238 g/mol. The predicted molar refractivity (Wildman–Crippen MR) is 45.9 cm³/mol. The predicted octanol–water partition coefficient (Wildman–Crippen LogP) is 2.89. The summed E-state index contributed by atoms with van der Waals surface area (Å²) in [4.78, 5) is 0. The first kappa shape index (κ1) is 8.44. The number of allylic oxidation sites excluding steroid dienone is 4. The van der Waals surface area contributed by atoms with Crippen LogP contribution in [-0.4, -0.2) is 10.7 Å². The lowest BCUT2D eigenvalue weighted by atomic mass is 10.5. The molecule has 0 aromatic heterocycles. The zero-order chi connectivity index (χ0) is 6.24. The second kappa shape index (κ2) is 7.44. The minimum absolute atomic E-state index is 0.930. The zero-order valence-electron chi connectivity index (χ0n) is 4.48. The summed E-state index contributed by atoms with van der Waals surface area (Å²) in [5.41, 5.74) is 0. The molecule has 0 saturated carbocycles. The molecule has 0 heterocycles. The second-order valence-electron chi connectivity index (χ2n) is 1.16. The van der Waals surface area contributed by atoms with E-state index in [1.54, 1.807) is 0 Å². The van der Waals surface area contributed by atoms with Gasteiger partial charge in [-0.3, -0.25) is 0 Å². The number of alkyl halides is 2. The Morgan fingerprint density at radius 3 is 1.50 bits per heavy atom. The van der Waals surface area contributed by atoms with Crippen LogP contribution in [0.15, 0.2) is 24.3 Å². The van der Waals surface area contributed by atoms with Gasteiger partial charge < -0.3 is 0 Å². The largest absolute Gasteiger partial charge is 0.0883 e. The third-order valence-electron chi connectivity index (χ3n) is 0.561. The zero-order valence-corrected chi connectivity index (χ0v) is 7.65. The van der Waals surface area contributed by atoms with E-state index in [0.717, 1.165) is 10.7 Å². The highest BCUT2D eigenvalue weighted by Gasteiger charge is 1.63. The summed E-state index contributed by atoms with van der Waals surface area (Å²) in [6.07, 6.45) is 8.10. The highest BCUT2D eigenvalue weighted by Crippen LogP contribution is 1.85. The molecule has 2 heteroatoms. The second-order valence-corrected chi connectivity index (χ2v) is 2.46. The molecule has 0 N–H and O–H groups in total. The number of halogens is 2. The minimum Gasteiger partial charge on any atom is -0.0883 e. The summed E-state index contributed by atoms with van der Waals surface area (Å²) in [5.74, 6) is 0. The Balaban J connectivity index is 3.13. The van der Waals surface area contributed by atoms with Gasteiger partial charge in [0.15, 0.2) is 0 Å². The molecule has 0 aliphatic heterocycles. The molecule has 0 nitrogen and oxygen atoms in total. The van der Waals surface area contributed by atoms with Crippen LogP contribution in [0.5, 0.6) is 0 Å². The number of rotatable bonds is 3. The first-order chi connectivity index (χ1) is 3.91. The Bertz CT molecular complexity index is 72.5. The first-order valence-corrected chi connectivity index (χ1v) is 4.59. The Kier molecular flexibility index (Phi) is 7.85. The molecular weight excluding hydrogens is 232 g/mol. The van der Waals surface area contributed by atoms with E-state index < -0.39 is 0 Å². The average Bonchev–Trinajstić information content (AvgIpc) is 1.81. The van der Waals surface area contributed by atoms with Crippen molar-refractivity contribution >= 4 is 31.9 Å². The standard InChI is InChI=1S/C6H8Br2/c7-5-3-1-2-4-6-8/h1-4H,5-6H2/b3-1+,4-2+. The number of hydrogen-bond acceptors (Lipinski definition) is 0. The molecule has 0 aromatic rings. The molecule has 0 amide bonds. The Labute approximate surface area is 66.9 Å². The van der Waals surface area contributed by atoms with Crippen molar-refractivity contribution < 1.29 is 0 Å². The summed E-state index contributed by atoms with van der Waals surface area (Å²) in [6, 6.07) is 0. The van der Waals surface area contributed by atoms with Gasteiger partial charge in [-0.15, -0.1) is 0 Å². The molecule has 0 bridgehead atoms. The molecule has 46 valence electrons. The van der Waals surface area contributed by atoms with Gasteiger partial charge in [0.05, 0.1) is 0 Å². The lowest BCUT2D eigenvalue weighted by molar-refractivity contribution is 1.73. The molecule has 0 atom stereocenters. The van der Waals surface area contributed by atoms with Gasteiger partial charge in [-0.05, 0) is 0 Å². The van der Waals surface area contributed by atoms with Gasteiger partial charge in [-0.1, -0.05) is 56.2 Å². The lowest BCUT2D eigenvalue weighted by Gasteiger charge is -1.72. The van der Waals surface area contributed by atoms with Gasteiger partial charge >= 0.3 is 0 Å². The first-order valence-electron chi connectivity index (χ1n) is 2.35. The Hall–Kier alpha value is 0.440. The van der Waals surface area contributed by atoms with Crippen LogP contribution in [0.4, 0.5) is 0 Å². The quantitative estimate of drug-likeness (QED) is 0.525. The van der Waals surface area contributed by atoms with Crippen LogP contribution in [0, 0.1) is 0 Å². The maximum absolute atomic E-state index is 3.27. The molecule has 8 heavy (non-hydrogen) atoms. The van der Waals surface area contributed by atoms with E-state index >= 15 is 0 Å². The van der Waals surface area contributed by atoms with E-state index in [-0.39, 0.29) is 0 Å². The van der Waals surface area contributed by atoms with Crippen LogP contribution in [-0.2, 0) is 0 Å². The SMILES string of the molecule is BrC/C=C/C=C/CBr. The Morgan fingerprint density at radius 2 is 1.25 bits per heavy atom. The normalized spacial score (nSPS) is 11.8. The molecule has 0 aromatic carbocycles. The summed E-state index contributed by atoms with van der Waals surface area (Å²) in [7, 11) is 0. The summed E-state index contributed by atoms with van der Waals surface area (Å²) in [5, 5.41) is 1.86. The van der Waals surface area contributed by atoms with Crippen LogP contribution in [0.25, 0.3) is 0 Å². The summed E-state index contributed by atoms with van der Waals surface area (Å²) < 4.78 is 0. The van der Waals surface area contributed by atoms with Crippen LogP contribution in [0.1, 0.15) is 0 Å². The van der Waals surface area contributed by atoms with Crippen molar-refractivity contribution in [2.24, 2.45) is 0 Å². The third kappa shape index (κ3) is 6.44. The van der Waals surface area contributed by atoms with Gasteiger partial charge in [0.1, 0.15) is 0 Å². The lowest BCUT2D eigenvalue weighted by Crippen LogP contribution is -1.57. The van der Waals surface area contributed by atoms with Gasteiger partial charge in [-0.2, -0.15) is 0 Å². The van der Waals surface area contributed by atoms with Gasteiger partial charge in [0, 0.05) is 10.7 Å². The van der Waals surface area contributed by atoms with Crippen molar-refractivity contribution in [3.05, 3.63) is 24.3 Å². The van der Waals surface area contributed by atoms with Crippen LogP contribution in [0.2, 0.25) is 0 Å². The van der Waals surface area contributed by atoms with E-state index in [2.05, 4.69) is 31.9 Å². The highest BCUT2D eigenvalue weighted by molar-refractivity contribution is 9.09. The fraction of sp³-hybridized carbons (Fsp3) is 0.333. The van der Waals surface area contributed by atoms with Crippen molar-refractivity contribution in [1.29, 1.82) is 0 Å². The number of hydrogen-bond donors (Lipinski definition) is 0. The molecule has 0 rings (SSSR count). The third-order valence-corrected chi connectivity index (χ3v) is 1.31. The van der Waals surface area contributed by atoms with Gasteiger partial charge in [0.2, 0.25) is 0 Å². The molecule has 0 radical (unpaired) electrons. The van der Waals surface area contributed by atoms with Crippen molar-refractivity contribution in [3.8, 4) is 0 Å². The van der Waals surface area contributed by atoms with Crippen molar-refractivity contribution in [2.75, 3.05) is 10.7 Å².